The highest BCUT2D eigenvalue weighted by Crippen LogP contribution is 2.20. The van der Waals surface area contributed by atoms with Crippen molar-refractivity contribution in [3.8, 4) is 0 Å². The van der Waals surface area contributed by atoms with Crippen LogP contribution in [0.3, 0.4) is 0 Å². The molecule has 2 aliphatic rings. The second-order valence-corrected chi connectivity index (χ2v) is 6.21. The molecule has 1 atom stereocenters. The molecule has 1 aliphatic heterocycles. The van der Waals surface area contributed by atoms with E-state index in [1.54, 1.807) is 0 Å². The zero-order chi connectivity index (χ0) is 14.9. The first kappa shape index (κ1) is 20.0. The van der Waals surface area contributed by atoms with E-state index < -0.39 is 0 Å². The zero-order valence-electron chi connectivity index (χ0n) is 13.9. The molecule has 5 nitrogen and oxygen atoms in total. The number of likely N-dealkylation sites (N-methyl/N-ethyl adjacent to an activating group) is 1. The number of hydrogen-bond donors (Lipinski definition) is 2. The highest BCUT2D eigenvalue weighted by atomic mass is 127. The molecule has 0 amide bonds. The maximum absolute atomic E-state index is 5.92. The summed E-state index contributed by atoms with van der Waals surface area (Å²) in [5.74, 6) is 0.582. The van der Waals surface area contributed by atoms with Gasteiger partial charge >= 0.3 is 0 Å². The van der Waals surface area contributed by atoms with Crippen LogP contribution in [0, 0.1) is 0 Å². The topological polar surface area (TPSA) is 62.9 Å². The van der Waals surface area contributed by atoms with E-state index in [-0.39, 0.29) is 24.0 Å². The van der Waals surface area contributed by atoms with E-state index in [1.807, 2.05) is 0 Å². The van der Waals surface area contributed by atoms with E-state index >= 15 is 0 Å². The van der Waals surface area contributed by atoms with Crippen molar-refractivity contribution in [1.82, 2.24) is 10.2 Å². The summed E-state index contributed by atoms with van der Waals surface area (Å²) < 4.78 is 5.83. The first-order valence-electron chi connectivity index (χ1n) is 8.69. The number of rotatable bonds is 8. The first-order chi connectivity index (χ1) is 10.3. The molecular weight excluding hydrogens is 391 g/mol. The lowest BCUT2D eigenvalue weighted by molar-refractivity contribution is 0.0574. The standard InChI is InChI=1S/C16H32N4O.HI/c1-2-20-11-5-7-14(20)13-19-16(17)18-10-6-12-21-15-8-3-4-9-15;/h14-15H,2-13H2,1H3,(H3,17,18,19);1H. The molecule has 0 aromatic carbocycles. The van der Waals surface area contributed by atoms with Crippen molar-refractivity contribution in [2.24, 2.45) is 10.7 Å². The van der Waals surface area contributed by atoms with Gasteiger partial charge in [-0.05, 0) is 45.2 Å². The van der Waals surface area contributed by atoms with Crippen LogP contribution in [0.15, 0.2) is 4.99 Å². The van der Waals surface area contributed by atoms with Gasteiger partial charge in [-0.25, -0.2) is 0 Å². The zero-order valence-corrected chi connectivity index (χ0v) is 16.3. The lowest BCUT2D eigenvalue weighted by atomic mass is 10.2. The van der Waals surface area contributed by atoms with Crippen LogP contribution in [-0.2, 0) is 4.74 Å². The van der Waals surface area contributed by atoms with E-state index in [0.29, 0.717) is 18.1 Å². The van der Waals surface area contributed by atoms with Crippen LogP contribution in [0.1, 0.15) is 51.9 Å². The monoisotopic (exact) mass is 424 g/mol. The third-order valence-corrected chi connectivity index (χ3v) is 4.66. The van der Waals surface area contributed by atoms with Gasteiger partial charge in [0.15, 0.2) is 5.96 Å². The van der Waals surface area contributed by atoms with Crippen molar-refractivity contribution in [3.05, 3.63) is 0 Å². The lowest BCUT2D eigenvalue weighted by Gasteiger charge is -2.21. The molecule has 0 aromatic rings. The Hall–Kier alpha value is -0.0800. The molecule has 3 N–H and O–H groups in total. The highest BCUT2D eigenvalue weighted by Gasteiger charge is 2.22. The maximum atomic E-state index is 5.92. The first-order valence-corrected chi connectivity index (χ1v) is 8.69. The molecule has 22 heavy (non-hydrogen) atoms. The van der Waals surface area contributed by atoms with E-state index in [2.05, 4.69) is 22.1 Å². The van der Waals surface area contributed by atoms with Crippen LogP contribution in [0.2, 0.25) is 0 Å². The highest BCUT2D eigenvalue weighted by molar-refractivity contribution is 14.0. The number of halogens is 1. The third-order valence-electron chi connectivity index (χ3n) is 4.66. The maximum Gasteiger partial charge on any atom is 0.188 e. The summed E-state index contributed by atoms with van der Waals surface area (Å²) in [5.41, 5.74) is 5.92. The minimum atomic E-state index is 0. The Morgan fingerprint density at radius 1 is 1.27 bits per heavy atom. The van der Waals surface area contributed by atoms with Crippen LogP contribution >= 0.6 is 24.0 Å². The molecular formula is C16H33IN4O. The van der Waals surface area contributed by atoms with Crippen molar-refractivity contribution in [2.45, 2.75) is 64.0 Å². The average molecular weight is 424 g/mol. The van der Waals surface area contributed by atoms with E-state index in [0.717, 1.165) is 32.7 Å². The Morgan fingerprint density at radius 3 is 2.77 bits per heavy atom. The van der Waals surface area contributed by atoms with Gasteiger partial charge in [0.2, 0.25) is 0 Å². The summed E-state index contributed by atoms with van der Waals surface area (Å²) in [4.78, 5) is 6.97. The number of nitrogens with one attached hydrogen (secondary N) is 1. The predicted molar refractivity (Wildman–Crippen MR) is 103 cm³/mol. The fourth-order valence-corrected chi connectivity index (χ4v) is 3.37. The Morgan fingerprint density at radius 2 is 2.05 bits per heavy atom. The van der Waals surface area contributed by atoms with Crippen molar-refractivity contribution in [1.29, 1.82) is 0 Å². The largest absolute Gasteiger partial charge is 0.378 e. The number of aliphatic imine (C=N–C) groups is 1. The fraction of sp³-hybridized carbons (Fsp3) is 0.938. The summed E-state index contributed by atoms with van der Waals surface area (Å²) in [7, 11) is 0. The number of hydrogen-bond acceptors (Lipinski definition) is 3. The quantitative estimate of drug-likeness (QED) is 0.272. The molecule has 1 unspecified atom stereocenters. The number of likely N-dealkylation sites (tertiary alicyclic amines) is 1. The molecule has 130 valence electrons. The van der Waals surface area contributed by atoms with E-state index in [1.165, 1.54) is 45.1 Å². The normalized spacial score (nSPS) is 23.7. The molecule has 1 aliphatic carbocycles. The van der Waals surface area contributed by atoms with Gasteiger partial charge in [0.1, 0.15) is 0 Å². The smallest absolute Gasteiger partial charge is 0.188 e. The molecule has 1 heterocycles. The van der Waals surface area contributed by atoms with Crippen LogP contribution in [0.5, 0.6) is 0 Å². The number of nitrogens with two attached hydrogens (primary N) is 1. The van der Waals surface area contributed by atoms with Crippen LogP contribution in [0.4, 0.5) is 0 Å². The van der Waals surface area contributed by atoms with E-state index in [9.17, 15) is 0 Å². The van der Waals surface area contributed by atoms with Crippen LogP contribution in [0.25, 0.3) is 0 Å². The second kappa shape index (κ2) is 11.5. The van der Waals surface area contributed by atoms with Crippen LogP contribution < -0.4 is 11.1 Å². The molecule has 0 bridgehead atoms. The summed E-state index contributed by atoms with van der Waals surface area (Å²) >= 11 is 0. The average Bonchev–Trinajstić information content (AvgIpc) is 3.15. The molecule has 0 radical (unpaired) electrons. The number of guanidine groups is 1. The van der Waals surface area contributed by atoms with Crippen molar-refractivity contribution in [2.75, 3.05) is 32.8 Å². The van der Waals surface area contributed by atoms with Gasteiger partial charge in [0.25, 0.3) is 0 Å². The minimum Gasteiger partial charge on any atom is -0.378 e. The Bertz CT molecular complexity index is 321. The summed E-state index contributed by atoms with van der Waals surface area (Å²) in [6.45, 7) is 7.05. The number of nitrogens with zero attached hydrogens (tertiary/aromatic N) is 2. The Balaban J connectivity index is 0.00000242. The number of ether oxygens (including phenoxy) is 1. The van der Waals surface area contributed by atoms with E-state index in [4.69, 9.17) is 10.5 Å². The third kappa shape index (κ3) is 7.00. The molecule has 0 spiro atoms. The molecule has 1 saturated carbocycles. The SMILES string of the molecule is CCN1CCCC1CN=C(N)NCCCOC1CCCC1.I. The lowest BCUT2D eigenvalue weighted by Crippen LogP contribution is -2.36. The van der Waals surface area contributed by atoms with Crippen molar-refractivity contribution in [3.63, 3.8) is 0 Å². The summed E-state index contributed by atoms with van der Waals surface area (Å²) in [5, 5.41) is 3.19. The van der Waals surface area contributed by atoms with Gasteiger partial charge in [-0.15, -0.1) is 24.0 Å². The molecule has 0 aromatic heterocycles. The van der Waals surface area contributed by atoms with Crippen molar-refractivity contribution < 1.29 is 4.74 Å². The van der Waals surface area contributed by atoms with Crippen molar-refractivity contribution >= 4 is 29.9 Å². The van der Waals surface area contributed by atoms with Gasteiger partial charge in [0, 0.05) is 19.2 Å². The predicted octanol–water partition coefficient (Wildman–Crippen LogP) is 2.34. The minimum absolute atomic E-state index is 0. The Labute approximate surface area is 152 Å². The molecule has 6 heteroatoms. The van der Waals surface area contributed by atoms with Gasteiger partial charge in [-0.1, -0.05) is 19.8 Å². The molecule has 1 saturated heterocycles. The summed E-state index contributed by atoms with van der Waals surface area (Å²) in [6, 6.07) is 0.584. The van der Waals surface area contributed by atoms with Gasteiger partial charge in [-0.2, -0.15) is 0 Å². The summed E-state index contributed by atoms with van der Waals surface area (Å²) in [6.07, 6.45) is 9.20. The molecule has 2 fully saturated rings. The van der Waals surface area contributed by atoms with Crippen LogP contribution in [-0.4, -0.2) is 55.8 Å². The van der Waals surface area contributed by atoms with Gasteiger partial charge in [-0.3, -0.25) is 9.89 Å². The Kier molecular flexibility index (Phi) is 10.4. The van der Waals surface area contributed by atoms with Gasteiger partial charge in [0.05, 0.1) is 12.6 Å². The molecule has 2 rings (SSSR count). The fourth-order valence-electron chi connectivity index (χ4n) is 3.37. The van der Waals surface area contributed by atoms with Gasteiger partial charge < -0.3 is 15.8 Å². The second-order valence-electron chi connectivity index (χ2n) is 6.21.